The van der Waals surface area contributed by atoms with Gasteiger partial charge in [-0.3, -0.25) is 20.3 Å². The van der Waals surface area contributed by atoms with Gasteiger partial charge >= 0.3 is 0 Å². The lowest BCUT2D eigenvalue weighted by atomic mass is 9.95. The summed E-state index contributed by atoms with van der Waals surface area (Å²) >= 11 is 0. The van der Waals surface area contributed by atoms with E-state index in [0.717, 1.165) is 35.2 Å². The third-order valence-electron chi connectivity index (χ3n) is 7.63. The highest BCUT2D eigenvalue weighted by molar-refractivity contribution is 6.12. The molecule has 5 aromatic rings. The van der Waals surface area contributed by atoms with Crippen molar-refractivity contribution in [2.24, 2.45) is 5.73 Å². The first-order chi connectivity index (χ1) is 20.3. The number of carbonyl (C=O) groups is 2. The van der Waals surface area contributed by atoms with Crippen LogP contribution < -0.4 is 21.1 Å². The minimum Gasteiger partial charge on any atom is -0.478 e. The van der Waals surface area contributed by atoms with Crippen LogP contribution in [-0.4, -0.2) is 30.6 Å². The van der Waals surface area contributed by atoms with E-state index >= 15 is 0 Å². The van der Waals surface area contributed by atoms with Crippen LogP contribution in [0.1, 0.15) is 44.8 Å². The summed E-state index contributed by atoms with van der Waals surface area (Å²) in [6.07, 6.45) is 3.30. The number of carbonyl (C=O) groups excluding carboxylic acids is 2. The van der Waals surface area contributed by atoms with Crippen LogP contribution in [0.25, 0.3) is 33.4 Å². The fourth-order valence-electron chi connectivity index (χ4n) is 5.30. The molecule has 42 heavy (non-hydrogen) atoms. The van der Waals surface area contributed by atoms with E-state index in [2.05, 4.69) is 15.6 Å². The quantitative estimate of drug-likeness (QED) is 0.209. The molecule has 2 aromatic heterocycles. The molecule has 0 atom stereocenters. The maximum Gasteiger partial charge on any atom is 0.255 e. The lowest BCUT2D eigenvalue weighted by Gasteiger charge is -2.19. The van der Waals surface area contributed by atoms with Gasteiger partial charge in [0.2, 0.25) is 0 Å². The summed E-state index contributed by atoms with van der Waals surface area (Å²) in [4.78, 5) is 31.2. The first kappa shape index (κ1) is 27.2. The normalized spacial score (nSPS) is 13.5. The Labute approximate surface area is 241 Å². The second-order valence-corrected chi connectivity index (χ2v) is 10.3. The molecule has 3 aromatic carbocycles. The van der Waals surface area contributed by atoms with Crippen molar-refractivity contribution in [2.45, 2.75) is 25.3 Å². The first-order valence-electron chi connectivity index (χ1n) is 13.6. The highest BCUT2D eigenvalue weighted by Gasteiger charge is 2.47. The number of hydrogen-bond donors (Lipinski definition) is 3. The first-order valence-corrected chi connectivity index (χ1v) is 13.6. The Morgan fingerprint density at radius 2 is 1.79 bits per heavy atom. The topological polar surface area (TPSA) is 119 Å². The van der Waals surface area contributed by atoms with Gasteiger partial charge < -0.3 is 19.8 Å². The Bertz CT molecular complexity index is 1810. The minimum atomic E-state index is -0.516. The molecule has 9 heteroatoms. The number of pyridine rings is 1. The van der Waals surface area contributed by atoms with Gasteiger partial charge in [0.25, 0.3) is 11.8 Å². The summed E-state index contributed by atoms with van der Waals surface area (Å²) in [7, 11) is 1.54. The Hall–Kier alpha value is -5.02. The van der Waals surface area contributed by atoms with E-state index in [4.69, 9.17) is 14.9 Å². The maximum atomic E-state index is 13.7. The number of nitrogens with one attached hydrogen (secondary N) is 2. The van der Waals surface area contributed by atoms with E-state index in [1.165, 1.54) is 12.1 Å². The van der Waals surface area contributed by atoms with Gasteiger partial charge in [0.1, 0.15) is 29.6 Å². The Kier molecular flexibility index (Phi) is 6.96. The molecule has 2 amide bonds. The molecule has 0 radical (unpaired) electrons. The average molecular weight is 565 g/mol. The summed E-state index contributed by atoms with van der Waals surface area (Å²) in [6.45, 7) is 1.83. The van der Waals surface area contributed by atoms with Gasteiger partial charge in [-0.15, -0.1) is 0 Å². The van der Waals surface area contributed by atoms with Gasteiger partial charge in [0.15, 0.2) is 0 Å². The number of nitrogens with zero attached hydrogens (tertiary/aromatic N) is 1. The van der Waals surface area contributed by atoms with Crippen LogP contribution in [0, 0.1) is 12.7 Å². The maximum absolute atomic E-state index is 13.7. The van der Waals surface area contributed by atoms with Crippen molar-refractivity contribution in [3.63, 3.8) is 0 Å². The van der Waals surface area contributed by atoms with Crippen molar-refractivity contribution >= 4 is 22.8 Å². The second-order valence-electron chi connectivity index (χ2n) is 10.3. The van der Waals surface area contributed by atoms with Crippen LogP contribution in [0.4, 0.5) is 4.39 Å². The molecule has 4 N–H and O–H groups in total. The predicted octanol–water partition coefficient (Wildman–Crippen LogP) is 5.68. The monoisotopic (exact) mass is 564 g/mol. The second kappa shape index (κ2) is 10.8. The Morgan fingerprint density at radius 3 is 2.45 bits per heavy atom. The summed E-state index contributed by atoms with van der Waals surface area (Å²) in [6, 6.07) is 20.5. The number of aryl methyl sites for hydroxylation is 1. The third kappa shape index (κ3) is 4.88. The number of fused-ring (bicyclic) bond motifs is 1. The van der Waals surface area contributed by atoms with E-state index in [1.54, 1.807) is 43.6 Å². The molecule has 1 aliphatic rings. The summed E-state index contributed by atoms with van der Waals surface area (Å²) in [5.41, 5.74) is 10.2. The lowest BCUT2D eigenvalue weighted by Crippen LogP contribution is -2.35. The average Bonchev–Trinajstić information content (AvgIpc) is 3.69. The molecule has 0 aliphatic heterocycles. The zero-order valence-corrected chi connectivity index (χ0v) is 23.2. The molecule has 212 valence electrons. The van der Waals surface area contributed by atoms with E-state index in [1.807, 2.05) is 37.3 Å². The SMILES string of the molecule is CNC(=O)c1c(-c2ccc(F)cc2)oc2ccc(-c3cc(C(=O)NC4(c5ccccn5)CC4)c(OCN)cc3C)cc12. The van der Waals surface area contributed by atoms with E-state index in [9.17, 15) is 14.0 Å². The smallest absolute Gasteiger partial charge is 0.255 e. The number of nitrogens with two attached hydrogens (primary N) is 1. The Morgan fingerprint density at radius 1 is 1.02 bits per heavy atom. The van der Waals surface area contributed by atoms with E-state index < -0.39 is 5.54 Å². The molecular formula is C33H29FN4O4. The molecule has 6 rings (SSSR count). The van der Waals surface area contributed by atoms with E-state index in [0.29, 0.717) is 39.2 Å². The van der Waals surface area contributed by atoms with Gasteiger partial charge in [0, 0.05) is 24.2 Å². The van der Waals surface area contributed by atoms with Crippen LogP contribution in [0.5, 0.6) is 5.75 Å². The number of halogens is 1. The molecule has 1 fully saturated rings. The fraction of sp³-hybridized carbons (Fsp3) is 0.182. The summed E-state index contributed by atoms with van der Waals surface area (Å²) in [5.74, 6) is -0.296. The number of ether oxygens (including phenoxy) is 1. The molecule has 0 saturated heterocycles. The standard InChI is InChI=1S/C33H29FN4O4/c1-19-15-27(41-18-35)25(31(39)38-33(12-13-33)28-5-3-4-14-37-28)17-23(19)21-8-11-26-24(16-21)29(32(40)36-2)30(42-26)20-6-9-22(34)10-7-20/h3-11,14-17H,12-13,18,35H2,1-2H3,(H,36,40)(H,38,39). The van der Waals surface area contributed by atoms with Gasteiger partial charge in [0.05, 0.1) is 22.4 Å². The molecular weight excluding hydrogens is 535 g/mol. The van der Waals surface area contributed by atoms with Crippen molar-refractivity contribution in [1.29, 1.82) is 0 Å². The molecule has 8 nitrogen and oxygen atoms in total. The number of amides is 2. The highest BCUT2D eigenvalue weighted by atomic mass is 19.1. The summed E-state index contributed by atoms with van der Waals surface area (Å²) in [5, 5.41) is 6.43. The van der Waals surface area contributed by atoms with Gasteiger partial charge in [-0.2, -0.15) is 0 Å². The molecule has 2 heterocycles. The predicted molar refractivity (Wildman–Crippen MR) is 157 cm³/mol. The number of aromatic nitrogens is 1. The minimum absolute atomic E-state index is 0.0902. The zero-order chi connectivity index (χ0) is 29.4. The largest absolute Gasteiger partial charge is 0.478 e. The van der Waals surface area contributed by atoms with Crippen LogP contribution in [-0.2, 0) is 5.54 Å². The van der Waals surface area contributed by atoms with Crippen molar-refractivity contribution in [3.05, 3.63) is 107 Å². The number of hydrogen-bond acceptors (Lipinski definition) is 6. The van der Waals surface area contributed by atoms with Crippen molar-refractivity contribution in [3.8, 4) is 28.2 Å². The van der Waals surface area contributed by atoms with Crippen LogP contribution in [0.15, 0.2) is 83.4 Å². The summed E-state index contributed by atoms with van der Waals surface area (Å²) < 4.78 is 25.4. The van der Waals surface area contributed by atoms with Crippen molar-refractivity contribution in [1.82, 2.24) is 15.6 Å². The highest BCUT2D eigenvalue weighted by Crippen LogP contribution is 2.45. The number of furan rings is 1. The molecule has 0 bridgehead atoms. The molecule has 0 spiro atoms. The third-order valence-corrected chi connectivity index (χ3v) is 7.63. The zero-order valence-electron chi connectivity index (χ0n) is 23.2. The number of benzene rings is 3. The van der Waals surface area contributed by atoms with Crippen LogP contribution >= 0.6 is 0 Å². The number of rotatable bonds is 8. The van der Waals surface area contributed by atoms with Gasteiger partial charge in [-0.1, -0.05) is 12.1 Å². The fourth-order valence-corrected chi connectivity index (χ4v) is 5.30. The van der Waals surface area contributed by atoms with Crippen LogP contribution in [0.2, 0.25) is 0 Å². The van der Waals surface area contributed by atoms with Crippen molar-refractivity contribution in [2.75, 3.05) is 13.8 Å². The van der Waals surface area contributed by atoms with Crippen molar-refractivity contribution < 1.29 is 23.1 Å². The lowest BCUT2D eigenvalue weighted by molar-refractivity contribution is 0.0924. The molecule has 1 saturated carbocycles. The molecule has 1 aliphatic carbocycles. The van der Waals surface area contributed by atoms with Crippen LogP contribution in [0.3, 0.4) is 0 Å². The van der Waals surface area contributed by atoms with Gasteiger partial charge in [-0.25, -0.2) is 4.39 Å². The van der Waals surface area contributed by atoms with E-state index in [-0.39, 0.29) is 24.4 Å². The van der Waals surface area contributed by atoms with Gasteiger partial charge in [-0.05, 0) is 97.1 Å². The molecule has 0 unspecified atom stereocenters. The Balaban J connectivity index is 1.44.